The van der Waals surface area contributed by atoms with E-state index in [0.29, 0.717) is 0 Å². The number of aromatic nitrogens is 1. The first-order valence-corrected chi connectivity index (χ1v) is 5.45. The minimum Gasteiger partial charge on any atom is -0.350 e. The van der Waals surface area contributed by atoms with Gasteiger partial charge in [-0.05, 0) is 18.6 Å². The first-order chi connectivity index (χ1) is 7.72. The molecule has 2 rings (SSSR count). The van der Waals surface area contributed by atoms with Gasteiger partial charge in [0.25, 0.3) is 0 Å². The first kappa shape index (κ1) is 10.8. The van der Waals surface area contributed by atoms with E-state index in [4.69, 9.17) is 6.42 Å². The van der Waals surface area contributed by atoms with Crippen molar-refractivity contribution in [1.29, 1.82) is 0 Å². The predicted octanol–water partition coefficient (Wildman–Crippen LogP) is 2.29. The Kier molecular flexibility index (Phi) is 2.98. The second-order valence-electron chi connectivity index (χ2n) is 4.05. The van der Waals surface area contributed by atoms with Gasteiger partial charge in [-0.25, -0.2) is 0 Å². The monoisotopic (exact) mass is 212 g/mol. The number of rotatable bonds is 3. The Morgan fingerprint density at radius 2 is 2.19 bits per heavy atom. The minimum atomic E-state index is 0.110. The smallest absolute Gasteiger partial charge is 0.0660 e. The molecule has 0 radical (unpaired) electrons. The summed E-state index contributed by atoms with van der Waals surface area (Å²) in [6.07, 6.45) is 7.49. The Morgan fingerprint density at radius 3 is 2.94 bits per heavy atom. The second-order valence-corrected chi connectivity index (χ2v) is 4.05. The minimum absolute atomic E-state index is 0.110. The SMILES string of the molecule is C#CC(C)NCc1cn(C)c2ccccc12. The Hall–Kier alpha value is -1.72. The van der Waals surface area contributed by atoms with Crippen LogP contribution in [0.1, 0.15) is 12.5 Å². The number of terminal acetylenes is 1. The summed E-state index contributed by atoms with van der Waals surface area (Å²) in [5.41, 5.74) is 2.55. The lowest BCUT2D eigenvalue weighted by atomic mass is 10.1. The Morgan fingerprint density at radius 1 is 1.44 bits per heavy atom. The summed E-state index contributed by atoms with van der Waals surface area (Å²) < 4.78 is 2.15. The van der Waals surface area contributed by atoms with E-state index in [9.17, 15) is 0 Å². The Labute approximate surface area is 96.3 Å². The van der Waals surface area contributed by atoms with E-state index in [-0.39, 0.29) is 6.04 Å². The molecule has 0 aliphatic carbocycles. The third kappa shape index (κ3) is 1.95. The first-order valence-electron chi connectivity index (χ1n) is 5.45. The molecular weight excluding hydrogens is 196 g/mol. The van der Waals surface area contributed by atoms with Gasteiger partial charge in [0.2, 0.25) is 0 Å². The fourth-order valence-corrected chi connectivity index (χ4v) is 1.89. The summed E-state index contributed by atoms with van der Waals surface area (Å²) in [5, 5.41) is 4.60. The standard InChI is InChI=1S/C14H16N2/c1-4-11(2)15-9-12-10-16(3)14-8-6-5-7-13(12)14/h1,5-8,10-11,15H,9H2,2-3H3. The van der Waals surface area contributed by atoms with Crippen LogP contribution in [-0.4, -0.2) is 10.6 Å². The van der Waals surface area contributed by atoms with Crippen LogP contribution >= 0.6 is 0 Å². The fourth-order valence-electron chi connectivity index (χ4n) is 1.89. The highest BCUT2D eigenvalue weighted by Gasteiger charge is 2.05. The molecule has 16 heavy (non-hydrogen) atoms. The number of hydrogen-bond acceptors (Lipinski definition) is 1. The average molecular weight is 212 g/mol. The van der Waals surface area contributed by atoms with Crippen molar-refractivity contribution in [3.63, 3.8) is 0 Å². The van der Waals surface area contributed by atoms with Crippen molar-refractivity contribution < 1.29 is 0 Å². The summed E-state index contributed by atoms with van der Waals surface area (Å²) >= 11 is 0. The third-order valence-corrected chi connectivity index (χ3v) is 2.83. The maximum absolute atomic E-state index is 5.34. The quantitative estimate of drug-likeness (QED) is 0.772. The zero-order valence-corrected chi connectivity index (χ0v) is 9.70. The van der Waals surface area contributed by atoms with E-state index in [1.54, 1.807) is 0 Å². The molecule has 0 aliphatic heterocycles. The van der Waals surface area contributed by atoms with Gasteiger partial charge in [-0.1, -0.05) is 24.1 Å². The molecule has 1 N–H and O–H groups in total. The maximum atomic E-state index is 5.34. The lowest BCUT2D eigenvalue weighted by Gasteiger charge is -2.05. The van der Waals surface area contributed by atoms with Gasteiger partial charge in [-0.2, -0.15) is 0 Å². The number of para-hydroxylation sites is 1. The molecule has 0 aliphatic rings. The Bertz CT molecular complexity index is 531. The van der Waals surface area contributed by atoms with Crippen LogP contribution < -0.4 is 5.32 Å². The van der Waals surface area contributed by atoms with Gasteiger partial charge in [0.05, 0.1) is 6.04 Å². The van der Waals surface area contributed by atoms with E-state index < -0.39 is 0 Å². The number of hydrogen-bond donors (Lipinski definition) is 1. The summed E-state index contributed by atoms with van der Waals surface area (Å²) in [5.74, 6) is 2.67. The van der Waals surface area contributed by atoms with Crippen molar-refractivity contribution in [3.8, 4) is 12.3 Å². The van der Waals surface area contributed by atoms with Crippen LogP contribution in [0.5, 0.6) is 0 Å². The van der Waals surface area contributed by atoms with Crippen molar-refractivity contribution in [2.75, 3.05) is 0 Å². The van der Waals surface area contributed by atoms with E-state index >= 15 is 0 Å². The number of nitrogens with one attached hydrogen (secondary N) is 1. The second kappa shape index (κ2) is 4.42. The van der Waals surface area contributed by atoms with Crippen LogP contribution in [0.4, 0.5) is 0 Å². The van der Waals surface area contributed by atoms with Crippen LogP contribution in [0, 0.1) is 12.3 Å². The van der Waals surface area contributed by atoms with Gasteiger partial charge in [-0.15, -0.1) is 6.42 Å². The Balaban J connectivity index is 2.28. The molecule has 2 aromatic rings. The molecule has 0 spiro atoms. The highest BCUT2D eigenvalue weighted by atomic mass is 14.9. The molecule has 0 bridgehead atoms. The molecule has 2 nitrogen and oxygen atoms in total. The van der Waals surface area contributed by atoms with E-state index in [1.165, 1.54) is 16.5 Å². The van der Waals surface area contributed by atoms with E-state index in [1.807, 2.05) is 6.92 Å². The van der Waals surface area contributed by atoms with Gasteiger partial charge in [0, 0.05) is 30.7 Å². The van der Waals surface area contributed by atoms with Crippen LogP contribution in [0.25, 0.3) is 10.9 Å². The van der Waals surface area contributed by atoms with Crippen molar-refractivity contribution in [1.82, 2.24) is 9.88 Å². The van der Waals surface area contributed by atoms with Crippen molar-refractivity contribution in [2.45, 2.75) is 19.5 Å². The average Bonchev–Trinajstić information content (AvgIpc) is 2.64. The van der Waals surface area contributed by atoms with Crippen molar-refractivity contribution in [2.24, 2.45) is 7.05 Å². The molecule has 0 saturated heterocycles. The molecule has 1 atom stereocenters. The van der Waals surface area contributed by atoms with Gasteiger partial charge in [0.1, 0.15) is 0 Å². The maximum Gasteiger partial charge on any atom is 0.0660 e. The largest absolute Gasteiger partial charge is 0.350 e. The van der Waals surface area contributed by atoms with Gasteiger partial charge in [0.15, 0.2) is 0 Å². The molecule has 1 aromatic heterocycles. The molecule has 1 unspecified atom stereocenters. The predicted molar refractivity (Wildman–Crippen MR) is 68.1 cm³/mol. The summed E-state index contributed by atoms with van der Waals surface area (Å²) in [6, 6.07) is 8.51. The van der Waals surface area contributed by atoms with Gasteiger partial charge < -0.3 is 4.57 Å². The van der Waals surface area contributed by atoms with Crippen LogP contribution in [0.2, 0.25) is 0 Å². The summed E-state index contributed by atoms with van der Waals surface area (Å²) in [4.78, 5) is 0. The lowest BCUT2D eigenvalue weighted by Crippen LogP contribution is -2.23. The summed E-state index contributed by atoms with van der Waals surface area (Å²) in [7, 11) is 2.07. The molecule has 2 heteroatoms. The molecule has 0 amide bonds. The molecule has 1 heterocycles. The summed E-state index contributed by atoms with van der Waals surface area (Å²) in [6.45, 7) is 2.80. The molecule has 0 saturated carbocycles. The van der Waals surface area contributed by atoms with Crippen LogP contribution in [0.3, 0.4) is 0 Å². The zero-order chi connectivity index (χ0) is 11.5. The van der Waals surface area contributed by atoms with Crippen molar-refractivity contribution >= 4 is 10.9 Å². The number of aryl methyl sites for hydroxylation is 1. The highest BCUT2D eigenvalue weighted by molar-refractivity contribution is 5.83. The van der Waals surface area contributed by atoms with Crippen LogP contribution in [0.15, 0.2) is 30.5 Å². The zero-order valence-electron chi connectivity index (χ0n) is 9.70. The van der Waals surface area contributed by atoms with Gasteiger partial charge in [-0.3, -0.25) is 5.32 Å². The molecule has 0 fully saturated rings. The number of benzene rings is 1. The van der Waals surface area contributed by atoms with Crippen molar-refractivity contribution in [3.05, 3.63) is 36.0 Å². The number of nitrogens with zero attached hydrogens (tertiary/aromatic N) is 1. The molecular formula is C14H16N2. The molecule has 1 aromatic carbocycles. The number of fused-ring (bicyclic) bond motifs is 1. The molecule has 82 valence electrons. The van der Waals surface area contributed by atoms with E-state index in [2.05, 4.69) is 53.3 Å². The lowest BCUT2D eigenvalue weighted by molar-refractivity contribution is 0.649. The van der Waals surface area contributed by atoms with E-state index in [0.717, 1.165) is 6.54 Å². The third-order valence-electron chi connectivity index (χ3n) is 2.83. The highest BCUT2D eigenvalue weighted by Crippen LogP contribution is 2.19. The normalized spacial score (nSPS) is 12.6. The van der Waals surface area contributed by atoms with Gasteiger partial charge >= 0.3 is 0 Å². The van der Waals surface area contributed by atoms with Crippen LogP contribution in [-0.2, 0) is 13.6 Å². The fraction of sp³-hybridized carbons (Fsp3) is 0.286. The topological polar surface area (TPSA) is 17.0 Å².